The van der Waals surface area contributed by atoms with Crippen molar-refractivity contribution < 1.29 is 4.79 Å². The summed E-state index contributed by atoms with van der Waals surface area (Å²) in [5, 5.41) is 4.70. The maximum atomic E-state index is 12.3. The molecule has 0 unspecified atom stereocenters. The van der Waals surface area contributed by atoms with Gasteiger partial charge in [0, 0.05) is 17.5 Å². The Kier molecular flexibility index (Phi) is 4.14. The Morgan fingerprint density at radius 3 is 2.67 bits per heavy atom. The summed E-state index contributed by atoms with van der Waals surface area (Å²) in [6.07, 6.45) is 0. The number of anilines is 1. The van der Waals surface area contributed by atoms with Crippen LogP contribution in [0, 0.1) is 0 Å². The number of aromatic nitrogens is 1. The summed E-state index contributed by atoms with van der Waals surface area (Å²) in [7, 11) is 3.97. The minimum atomic E-state index is -0.206. The van der Waals surface area contributed by atoms with E-state index in [9.17, 15) is 4.79 Å². The molecule has 0 radical (unpaired) electrons. The molecule has 0 fully saturated rings. The number of nitrogen functional groups attached to an aromatic ring is 1. The molecule has 0 aliphatic carbocycles. The zero-order chi connectivity index (χ0) is 15.6. The Balaban J connectivity index is 2.20. The number of fused-ring (bicyclic) bond motifs is 1. The third kappa shape index (κ3) is 3.31. The van der Waals surface area contributed by atoms with Gasteiger partial charge in [0.1, 0.15) is 11.5 Å². The summed E-state index contributed by atoms with van der Waals surface area (Å²) in [5.41, 5.74) is 6.15. The average molecular weight is 286 g/mol. The van der Waals surface area contributed by atoms with Crippen LogP contribution >= 0.6 is 0 Å². The summed E-state index contributed by atoms with van der Waals surface area (Å²) in [6.45, 7) is 4.66. The highest BCUT2D eigenvalue weighted by atomic mass is 16.1. The Hall–Kier alpha value is -2.14. The van der Waals surface area contributed by atoms with Crippen molar-refractivity contribution in [3.63, 3.8) is 0 Å². The fourth-order valence-corrected chi connectivity index (χ4v) is 1.89. The molecule has 1 aromatic carbocycles. The zero-order valence-corrected chi connectivity index (χ0v) is 13.0. The monoisotopic (exact) mass is 286 g/mol. The first-order valence-electron chi connectivity index (χ1n) is 6.92. The van der Waals surface area contributed by atoms with Crippen molar-refractivity contribution >= 4 is 22.5 Å². The van der Waals surface area contributed by atoms with Crippen molar-refractivity contribution in [2.75, 3.05) is 26.4 Å². The van der Waals surface area contributed by atoms with Gasteiger partial charge in [0.05, 0.1) is 0 Å². The zero-order valence-electron chi connectivity index (χ0n) is 13.0. The van der Waals surface area contributed by atoms with Crippen LogP contribution in [0.15, 0.2) is 30.3 Å². The molecule has 0 atom stereocenters. The van der Waals surface area contributed by atoms with E-state index < -0.39 is 0 Å². The maximum absolute atomic E-state index is 12.3. The first kappa shape index (κ1) is 15.3. The number of nitrogens with two attached hydrogens (primary N) is 1. The summed E-state index contributed by atoms with van der Waals surface area (Å²) in [6, 6.07) is 9.41. The summed E-state index contributed by atoms with van der Waals surface area (Å²) < 4.78 is 0. The Morgan fingerprint density at radius 2 is 2.00 bits per heavy atom. The van der Waals surface area contributed by atoms with E-state index in [1.54, 1.807) is 6.07 Å². The summed E-state index contributed by atoms with van der Waals surface area (Å²) >= 11 is 0. The number of rotatable bonds is 4. The average Bonchev–Trinajstić information content (AvgIpc) is 2.44. The van der Waals surface area contributed by atoms with Gasteiger partial charge < -0.3 is 16.0 Å². The molecule has 0 aliphatic rings. The van der Waals surface area contributed by atoms with E-state index in [-0.39, 0.29) is 11.4 Å². The second kappa shape index (κ2) is 5.69. The molecule has 3 N–H and O–H groups in total. The lowest BCUT2D eigenvalue weighted by Gasteiger charge is -2.32. The lowest BCUT2D eigenvalue weighted by molar-refractivity contribution is 0.0915. The van der Waals surface area contributed by atoms with Gasteiger partial charge in [-0.1, -0.05) is 24.3 Å². The van der Waals surface area contributed by atoms with Gasteiger partial charge in [-0.15, -0.1) is 0 Å². The molecule has 1 amide bonds. The first-order chi connectivity index (χ1) is 9.81. The topological polar surface area (TPSA) is 71.2 Å². The van der Waals surface area contributed by atoms with E-state index in [4.69, 9.17) is 5.73 Å². The van der Waals surface area contributed by atoms with Crippen molar-refractivity contribution in [3.05, 3.63) is 36.0 Å². The van der Waals surface area contributed by atoms with Gasteiger partial charge in [-0.05, 0) is 39.4 Å². The van der Waals surface area contributed by atoms with Gasteiger partial charge in [0.25, 0.3) is 5.91 Å². The van der Waals surface area contributed by atoms with Crippen molar-refractivity contribution in [3.8, 4) is 0 Å². The van der Waals surface area contributed by atoms with Crippen LogP contribution in [-0.4, -0.2) is 42.0 Å². The van der Waals surface area contributed by atoms with Crippen LogP contribution in [0.1, 0.15) is 24.3 Å². The van der Waals surface area contributed by atoms with Gasteiger partial charge in [-0.25, -0.2) is 4.98 Å². The molecule has 0 aliphatic heterocycles. The SMILES string of the molecule is CN(C)C(C)(C)CNC(=O)c1cc2ccccc2c(N)n1. The lowest BCUT2D eigenvalue weighted by atomic mass is 10.0. The number of nitrogens with one attached hydrogen (secondary N) is 1. The van der Waals surface area contributed by atoms with Gasteiger partial charge in [0.2, 0.25) is 0 Å². The molecular formula is C16H22N4O. The minimum absolute atomic E-state index is 0.127. The van der Waals surface area contributed by atoms with Crippen LogP contribution in [-0.2, 0) is 0 Å². The molecule has 5 nitrogen and oxygen atoms in total. The number of hydrogen-bond donors (Lipinski definition) is 2. The number of likely N-dealkylation sites (N-methyl/N-ethyl adjacent to an activating group) is 1. The molecule has 2 aromatic rings. The molecule has 0 saturated carbocycles. The fourth-order valence-electron chi connectivity index (χ4n) is 1.89. The van der Waals surface area contributed by atoms with Crippen LogP contribution in [0.2, 0.25) is 0 Å². The number of carbonyl (C=O) groups excluding carboxylic acids is 1. The number of hydrogen-bond acceptors (Lipinski definition) is 4. The molecule has 0 bridgehead atoms. The largest absolute Gasteiger partial charge is 0.383 e. The predicted molar refractivity (Wildman–Crippen MR) is 86.3 cm³/mol. The van der Waals surface area contributed by atoms with Gasteiger partial charge in [0.15, 0.2) is 0 Å². The normalized spacial score (nSPS) is 11.9. The Labute approximate surface area is 125 Å². The van der Waals surface area contributed by atoms with E-state index in [0.29, 0.717) is 18.1 Å². The first-order valence-corrected chi connectivity index (χ1v) is 6.92. The minimum Gasteiger partial charge on any atom is -0.383 e. The standard InChI is InChI=1S/C16H22N4O/c1-16(2,20(3)4)10-18-15(21)13-9-11-7-5-6-8-12(11)14(17)19-13/h5-9H,10H2,1-4H3,(H2,17,19)(H,18,21). The van der Waals surface area contributed by atoms with Crippen LogP contribution in [0.25, 0.3) is 10.8 Å². The Bertz CT molecular complexity index is 664. The van der Waals surface area contributed by atoms with Crippen LogP contribution in [0.5, 0.6) is 0 Å². The van der Waals surface area contributed by atoms with Gasteiger partial charge in [-0.3, -0.25) is 4.79 Å². The van der Waals surface area contributed by atoms with E-state index in [0.717, 1.165) is 10.8 Å². The fraction of sp³-hybridized carbons (Fsp3) is 0.375. The van der Waals surface area contributed by atoms with Crippen LogP contribution < -0.4 is 11.1 Å². The van der Waals surface area contributed by atoms with Crippen LogP contribution in [0.3, 0.4) is 0 Å². The number of amides is 1. The predicted octanol–water partition coefficient (Wildman–Crippen LogP) is 1.89. The number of carbonyl (C=O) groups is 1. The van der Waals surface area contributed by atoms with Crippen LogP contribution in [0.4, 0.5) is 5.82 Å². The third-order valence-electron chi connectivity index (χ3n) is 3.89. The summed E-state index contributed by atoms with van der Waals surface area (Å²) in [5.74, 6) is 0.174. The second-order valence-electron chi connectivity index (χ2n) is 6.00. The maximum Gasteiger partial charge on any atom is 0.270 e. The van der Waals surface area contributed by atoms with Gasteiger partial charge in [-0.2, -0.15) is 0 Å². The molecule has 5 heteroatoms. The molecule has 1 aromatic heterocycles. The molecule has 0 saturated heterocycles. The number of pyridine rings is 1. The second-order valence-corrected chi connectivity index (χ2v) is 6.00. The molecule has 2 rings (SSSR count). The molecule has 21 heavy (non-hydrogen) atoms. The highest BCUT2D eigenvalue weighted by Crippen LogP contribution is 2.20. The highest BCUT2D eigenvalue weighted by Gasteiger charge is 2.22. The van der Waals surface area contributed by atoms with Crippen molar-refractivity contribution in [1.82, 2.24) is 15.2 Å². The lowest BCUT2D eigenvalue weighted by Crippen LogP contribution is -2.48. The third-order valence-corrected chi connectivity index (χ3v) is 3.89. The van der Waals surface area contributed by atoms with Crippen molar-refractivity contribution in [1.29, 1.82) is 0 Å². The smallest absolute Gasteiger partial charge is 0.270 e. The van der Waals surface area contributed by atoms with Crippen molar-refractivity contribution in [2.45, 2.75) is 19.4 Å². The summed E-state index contributed by atoms with van der Waals surface area (Å²) in [4.78, 5) is 18.5. The van der Waals surface area contributed by atoms with E-state index in [2.05, 4.69) is 29.0 Å². The van der Waals surface area contributed by atoms with Gasteiger partial charge >= 0.3 is 0 Å². The number of nitrogens with zero attached hydrogens (tertiary/aromatic N) is 2. The Morgan fingerprint density at radius 1 is 1.33 bits per heavy atom. The van der Waals surface area contributed by atoms with E-state index >= 15 is 0 Å². The molecule has 112 valence electrons. The highest BCUT2D eigenvalue weighted by molar-refractivity contribution is 5.99. The molecule has 0 spiro atoms. The van der Waals surface area contributed by atoms with E-state index in [1.165, 1.54) is 0 Å². The molecular weight excluding hydrogens is 264 g/mol. The quantitative estimate of drug-likeness (QED) is 0.900. The molecule has 1 heterocycles. The van der Waals surface area contributed by atoms with E-state index in [1.807, 2.05) is 38.4 Å². The van der Waals surface area contributed by atoms with Crippen molar-refractivity contribution in [2.24, 2.45) is 0 Å². The number of benzene rings is 1.